The average molecular weight is 395 g/mol. The Balaban J connectivity index is 1.81. The summed E-state index contributed by atoms with van der Waals surface area (Å²) in [5.74, 6) is -1.16. The van der Waals surface area contributed by atoms with Crippen LogP contribution in [0, 0.1) is 0 Å². The van der Waals surface area contributed by atoms with E-state index in [9.17, 15) is 9.59 Å². The van der Waals surface area contributed by atoms with E-state index in [1.807, 2.05) is 27.1 Å². The Kier molecular flexibility index (Phi) is 6.75. The zero-order chi connectivity index (χ0) is 20.8. The second kappa shape index (κ2) is 9.45. The van der Waals surface area contributed by atoms with Crippen molar-refractivity contribution < 1.29 is 9.59 Å². The molecule has 3 rings (SSSR count). The molecule has 2 N–H and O–H groups in total. The summed E-state index contributed by atoms with van der Waals surface area (Å²) in [5, 5.41) is 5.46. The lowest BCUT2D eigenvalue weighted by molar-refractivity contribution is -0.139. The Morgan fingerprint density at radius 1 is 1.03 bits per heavy atom. The van der Waals surface area contributed by atoms with Gasteiger partial charge in [-0.2, -0.15) is 0 Å². The molecule has 0 aromatic heterocycles. The van der Waals surface area contributed by atoms with Crippen molar-refractivity contribution in [3.05, 3.63) is 59.7 Å². The molecule has 2 aromatic rings. The summed E-state index contributed by atoms with van der Waals surface area (Å²) in [6.07, 6.45) is 1.78. The summed E-state index contributed by atoms with van der Waals surface area (Å²) < 4.78 is 0. The third kappa shape index (κ3) is 4.88. The van der Waals surface area contributed by atoms with Crippen LogP contribution in [0.1, 0.15) is 30.5 Å². The highest BCUT2D eigenvalue weighted by Gasteiger charge is 2.28. The Morgan fingerprint density at radius 2 is 1.72 bits per heavy atom. The normalized spacial score (nSPS) is 13.6. The second-order valence-electron chi connectivity index (χ2n) is 7.54. The number of nitrogens with one attached hydrogen (secondary N) is 2. The van der Waals surface area contributed by atoms with Gasteiger partial charge in [0.2, 0.25) is 0 Å². The molecular formula is C23H30N4O2. The maximum Gasteiger partial charge on any atom is 0.309 e. The van der Waals surface area contributed by atoms with E-state index in [-0.39, 0.29) is 6.04 Å². The van der Waals surface area contributed by atoms with E-state index in [0.717, 1.165) is 30.6 Å². The highest BCUT2D eigenvalue weighted by Crippen LogP contribution is 2.35. The average Bonchev–Trinajstić information content (AvgIpc) is 3.16. The largest absolute Gasteiger partial charge is 0.378 e. The number of carbonyl (C=O) groups excluding carboxylic acids is 2. The van der Waals surface area contributed by atoms with Gasteiger partial charge in [0.25, 0.3) is 0 Å². The molecule has 6 heteroatoms. The first-order valence-corrected chi connectivity index (χ1v) is 10.2. The van der Waals surface area contributed by atoms with Crippen molar-refractivity contribution in [2.45, 2.75) is 25.8 Å². The Labute approximate surface area is 172 Å². The van der Waals surface area contributed by atoms with E-state index < -0.39 is 11.8 Å². The van der Waals surface area contributed by atoms with Crippen molar-refractivity contribution >= 4 is 23.2 Å². The zero-order valence-corrected chi connectivity index (χ0v) is 17.4. The van der Waals surface area contributed by atoms with Gasteiger partial charge in [-0.3, -0.25) is 9.59 Å². The van der Waals surface area contributed by atoms with Gasteiger partial charge in [0, 0.05) is 45.1 Å². The number of hydrogen-bond acceptors (Lipinski definition) is 4. The summed E-state index contributed by atoms with van der Waals surface area (Å²) in [6, 6.07) is 16.7. The maximum atomic E-state index is 12.2. The number of hydrogen-bond donors (Lipinski definition) is 2. The van der Waals surface area contributed by atoms with Crippen LogP contribution in [-0.2, 0) is 16.0 Å². The van der Waals surface area contributed by atoms with Gasteiger partial charge >= 0.3 is 11.8 Å². The van der Waals surface area contributed by atoms with E-state index in [1.165, 1.54) is 11.3 Å². The van der Waals surface area contributed by atoms with E-state index in [1.54, 1.807) is 0 Å². The molecule has 0 saturated heterocycles. The van der Waals surface area contributed by atoms with Crippen LogP contribution in [0.2, 0.25) is 0 Å². The van der Waals surface area contributed by atoms with Crippen LogP contribution in [0.5, 0.6) is 0 Å². The van der Waals surface area contributed by atoms with Crippen LogP contribution in [0.25, 0.3) is 0 Å². The summed E-state index contributed by atoms with van der Waals surface area (Å²) >= 11 is 0. The summed E-state index contributed by atoms with van der Waals surface area (Å²) in [5.41, 5.74) is 4.74. The molecule has 1 aliphatic rings. The molecule has 0 unspecified atom stereocenters. The molecule has 1 atom stereocenters. The van der Waals surface area contributed by atoms with E-state index in [2.05, 4.69) is 62.9 Å². The summed E-state index contributed by atoms with van der Waals surface area (Å²) in [4.78, 5) is 28.6. The quantitative estimate of drug-likeness (QED) is 0.709. The molecule has 0 fully saturated rings. The molecular weight excluding hydrogens is 364 g/mol. The fourth-order valence-corrected chi connectivity index (χ4v) is 3.68. The molecule has 1 aliphatic heterocycles. The molecule has 0 radical (unpaired) electrons. The van der Waals surface area contributed by atoms with Crippen LogP contribution in [0.3, 0.4) is 0 Å². The van der Waals surface area contributed by atoms with Gasteiger partial charge in [-0.15, -0.1) is 0 Å². The topological polar surface area (TPSA) is 64.7 Å². The molecule has 1 heterocycles. The van der Waals surface area contributed by atoms with Gasteiger partial charge in [-0.05, 0) is 42.2 Å². The number of rotatable bonds is 7. The third-order valence-corrected chi connectivity index (χ3v) is 5.29. The number of anilines is 2. The van der Waals surface area contributed by atoms with Crippen LogP contribution in [-0.4, -0.2) is 45.5 Å². The smallest absolute Gasteiger partial charge is 0.309 e. The van der Waals surface area contributed by atoms with Crippen LogP contribution < -0.4 is 20.4 Å². The van der Waals surface area contributed by atoms with Crippen LogP contribution in [0.4, 0.5) is 11.4 Å². The van der Waals surface area contributed by atoms with Gasteiger partial charge in [0.15, 0.2) is 0 Å². The number of nitrogens with zero attached hydrogens (tertiary/aromatic N) is 2. The predicted molar refractivity (Wildman–Crippen MR) is 117 cm³/mol. The maximum absolute atomic E-state index is 12.2. The van der Waals surface area contributed by atoms with E-state index in [0.29, 0.717) is 13.1 Å². The molecule has 2 amide bonds. The molecule has 0 spiro atoms. The number of fused-ring (bicyclic) bond motifs is 1. The lowest BCUT2D eigenvalue weighted by Gasteiger charge is -2.31. The van der Waals surface area contributed by atoms with Crippen LogP contribution >= 0.6 is 0 Å². The van der Waals surface area contributed by atoms with Crippen molar-refractivity contribution in [2.24, 2.45) is 0 Å². The fourth-order valence-electron chi connectivity index (χ4n) is 3.68. The highest BCUT2D eigenvalue weighted by atomic mass is 16.2. The number of benzene rings is 2. The third-order valence-electron chi connectivity index (χ3n) is 5.29. The predicted octanol–water partition coefficient (Wildman–Crippen LogP) is 2.50. The lowest BCUT2D eigenvalue weighted by atomic mass is 10.0. The second-order valence-corrected chi connectivity index (χ2v) is 7.54. The first-order chi connectivity index (χ1) is 14.0. The summed E-state index contributed by atoms with van der Waals surface area (Å²) in [6.45, 7) is 3.71. The van der Waals surface area contributed by atoms with Crippen LogP contribution in [0.15, 0.2) is 48.5 Å². The minimum absolute atomic E-state index is 0.0437. The van der Waals surface area contributed by atoms with E-state index >= 15 is 0 Å². The summed E-state index contributed by atoms with van der Waals surface area (Å²) in [7, 11) is 4.02. The number of para-hydroxylation sites is 1. The van der Waals surface area contributed by atoms with Crippen molar-refractivity contribution in [2.75, 3.05) is 43.5 Å². The molecule has 154 valence electrons. The monoisotopic (exact) mass is 394 g/mol. The molecule has 0 saturated carbocycles. The van der Waals surface area contributed by atoms with Gasteiger partial charge < -0.3 is 20.4 Å². The Morgan fingerprint density at radius 3 is 2.41 bits per heavy atom. The van der Waals surface area contributed by atoms with Crippen molar-refractivity contribution in [3.8, 4) is 0 Å². The molecule has 0 bridgehead atoms. The van der Waals surface area contributed by atoms with Crippen molar-refractivity contribution in [1.29, 1.82) is 0 Å². The number of carbonyl (C=O) groups is 2. The SMILES string of the molecule is CCCNC(=O)C(=O)NC[C@H](c1ccc(N(C)C)cc1)N1CCc2ccccc21. The standard InChI is InChI=1S/C23H30N4O2/c1-4-14-24-22(28)23(29)25-16-21(18-9-11-19(12-10-18)26(2)3)27-15-13-17-7-5-6-8-20(17)27/h5-12,21H,4,13-16H2,1-3H3,(H,24,28)(H,25,29)/t21-/m1/s1. The van der Waals surface area contributed by atoms with Crippen molar-refractivity contribution in [3.63, 3.8) is 0 Å². The minimum atomic E-state index is -0.583. The Hall–Kier alpha value is -3.02. The zero-order valence-electron chi connectivity index (χ0n) is 17.4. The molecule has 0 aliphatic carbocycles. The molecule has 29 heavy (non-hydrogen) atoms. The molecule has 2 aromatic carbocycles. The first-order valence-electron chi connectivity index (χ1n) is 10.2. The van der Waals surface area contributed by atoms with Gasteiger partial charge in [0.05, 0.1) is 6.04 Å². The fraction of sp³-hybridized carbons (Fsp3) is 0.391. The molecule has 6 nitrogen and oxygen atoms in total. The number of amides is 2. The first kappa shape index (κ1) is 20.7. The minimum Gasteiger partial charge on any atom is -0.378 e. The van der Waals surface area contributed by atoms with Gasteiger partial charge in [-0.25, -0.2) is 0 Å². The van der Waals surface area contributed by atoms with E-state index in [4.69, 9.17) is 0 Å². The lowest BCUT2D eigenvalue weighted by Crippen LogP contribution is -2.44. The van der Waals surface area contributed by atoms with Gasteiger partial charge in [0.1, 0.15) is 0 Å². The van der Waals surface area contributed by atoms with Crippen molar-refractivity contribution in [1.82, 2.24) is 10.6 Å². The highest BCUT2D eigenvalue weighted by molar-refractivity contribution is 6.35. The Bertz CT molecular complexity index is 848. The van der Waals surface area contributed by atoms with Gasteiger partial charge in [-0.1, -0.05) is 37.3 Å².